The van der Waals surface area contributed by atoms with Crippen LogP contribution >= 0.6 is 23.7 Å². The van der Waals surface area contributed by atoms with E-state index < -0.39 is 18.3 Å². The number of aliphatic hydroxyl groups excluding tert-OH is 2. The number of hydrogen-bond acceptors (Lipinski definition) is 6. The Morgan fingerprint density at radius 2 is 1.96 bits per heavy atom. The maximum atomic E-state index is 12.2. The number of rotatable bonds is 7. The van der Waals surface area contributed by atoms with Gasteiger partial charge in [0, 0.05) is 13.1 Å². The molecule has 1 fully saturated rings. The Morgan fingerprint density at radius 1 is 1.22 bits per heavy atom. The van der Waals surface area contributed by atoms with Crippen LogP contribution in [-0.2, 0) is 11.3 Å². The summed E-state index contributed by atoms with van der Waals surface area (Å²) >= 11 is 1.38. The summed E-state index contributed by atoms with van der Waals surface area (Å²) < 4.78 is 5.81. The molecule has 0 radical (unpaired) electrons. The van der Waals surface area contributed by atoms with Gasteiger partial charge in [-0.05, 0) is 24.1 Å². The molecule has 27 heavy (non-hydrogen) atoms. The van der Waals surface area contributed by atoms with Crippen LogP contribution in [0.2, 0.25) is 0 Å². The van der Waals surface area contributed by atoms with Gasteiger partial charge in [0.15, 0.2) is 0 Å². The van der Waals surface area contributed by atoms with Crippen molar-refractivity contribution in [1.29, 1.82) is 0 Å². The van der Waals surface area contributed by atoms with Crippen molar-refractivity contribution in [2.45, 2.75) is 30.9 Å². The molecule has 3 rings (SSSR count). The normalized spacial score (nSPS) is 24.6. The fourth-order valence-corrected chi connectivity index (χ4v) is 3.99. The standard InChI is InChI=1S/C19H24N2O4S.ClH/c1-21(11-13-6-3-2-4-7-13)17-14(25-15(12-22)18(17)23)10-20-19(24)16-8-5-9-26-16;/h2-9,14-15,17-18,22-23H,10-12H2,1H3,(H,20,24);1H/t14-,15+,17+,18-;/m1./s1. The van der Waals surface area contributed by atoms with E-state index in [1.165, 1.54) is 11.3 Å². The molecule has 4 atom stereocenters. The van der Waals surface area contributed by atoms with Crippen LogP contribution in [0.25, 0.3) is 0 Å². The van der Waals surface area contributed by atoms with E-state index in [9.17, 15) is 15.0 Å². The summed E-state index contributed by atoms with van der Waals surface area (Å²) in [6.07, 6.45) is -1.88. The third-order valence-corrected chi connectivity index (χ3v) is 5.50. The number of carbonyl (C=O) groups excluding carboxylic acids is 1. The molecule has 2 heterocycles. The van der Waals surface area contributed by atoms with E-state index in [1.54, 1.807) is 6.07 Å². The van der Waals surface area contributed by atoms with Crippen molar-refractivity contribution in [1.82, 2.24) is 10.2 Å². The van der Waals surface area contributed by atoms with E-state index in [0.29, 0.717) is 11.4 Å². The van der Waals surface area contributed by atoms with Gasteiger partial charge in [-0.2, -0.15) is 0 Å². The molecular formula is C19H25ClN2O4S. The Labute approximate surface area is 169 Å². The Bertz CT molecular complexity index is 701. The third kappa shape index (κ3) is 5.28. The molecule has 0 aliphatic carbocycles. The predicted molar refractivity (Wildman–Crippen MR) is 107 cm³/mol. The maximum Gasteiger partial charge on any atom is 0.261 e. The lowest BCUT2D eigenvalue weighted by atomic mass is 10.0. The molecule has 1 aromatic carbocycles. The lowest BCUT2D eigenvalue weighted by Gasteiger charge is -2.30. The van der Waals surface area contributed by atoms with Gasteiger partial charge in [-0.15, -0.1) is 23.7 Å². The number of benzene rings is 1. The van der Waals surface area contributed by atoms with Crippen LogP contribution in [-0.4, -0.2) is 65.6 Å². The van der Waals surface area contributed by atoms with Gasteiger partial charge in [-0.3, -0.25) is 9.69 Å². The molecule has 148 valence electrons. The lowest BCUT2D eigenvalue weighted by molar-refractivity contribution is -0.0209. The molecule has 0 bridgehead atoms. The topological polar surface area (TPSA) is 82.0 Å². The first-order chi connectivity index (χ1) is 12.6. The highest BCUT2D eigenvalue weighted by molar-refractivity contribution is 7.12. The van der Waals surface area contributed by atoms with Gasteiger partial charge in [-0.25, -0.2) is 0 Å². The van der Waals surface area contributed by atoms with Crippen molar-refractivity contribution in [3.05, 3.63) is 58.3 Å². The van der Waals surface area contributed by atoms with Crippen molar-refractivity contribution >= 4 is 29.7 Å². The predicted octanol–water partition coefficient (Wildman–Crippen LogP) is 1.52. The fraction of sp³-hybridized carbons (Fsp3) is 0.421. The second-order valence-electron chi connectivity index (χ2n) is 6.46. The average Bonchev–Trinajstić information content (AvgIpc) is 3.28. The number of halogens is 1. The Hall–Kier alpha value is -1.48. The van der Waals surface area contributed by atoms with Crippen LogP contribution in [0.15, 0.2) is 47.8 Å². The lowest BCUT2D eigenvalue weighted by Crippen LogP contribution is -2.49. The van der Waals surface area contributed by atoms with E-state index in [4.69, 9.17) is 4.74 Å². The molecule has 2 aromatic rings. The summed E-state index contributed by atoms with van der Waals surface area (Å²) in [6, 6.07) is 13.2. The number of thiophene rings is 1. The van der Waals surface area contributed by atoms with Gasteiger partial charge < -0.3 is 20.3 Å². The molecular weight excluding hydrogens is 388 g/mol. The number of likely N-dealkylation sites (N-methyl/N-ethyl adjacent to an activating group) is 1. The summed E-state index contributed by atoms with van der Waals surface area (Å²) in [6.45, 7) is 0.653. The molecule has 3 N–H and O–H groups in total. The highest BCUT2D eigenvalue weighted by atomic mass is 35.5. The first-order valence-corrected chi connectivity index (χ1v) is 9.48. The first-order valence-electron chi connectivity index (χ1n) is 8.60. The Kier molecular flexibility index (Phi) is 8.22. The molecule has 8 heteroatoms. The number of nitrogens with zero attached hydrogens (tertiary/aromatic N) is 1. The Morgan fingerprint density at radius 3 is 2.59 bits per heavy atom. The van der Waals surface area contributed by atoms with Gasteiger partial charge in [0.05, 0.1) is 23.6 Å². The average molecular weight is 413 g/mol. The quantitative estimate of drug-likeness (QED) is 0.642. The summed E-state index contributed by atoms with van der Waals surface area (Å²) in [4.78, 5) is 14.8. The summed E-state index contributed by atoms with van der Waals surface area (Å²) in [5, 5.41) is 24.8. The van der Waals surface area contributed by atoms with Crippen molar-refractivity contribution in [3.63, 3.8) is 0 Å². The first kappa shape index (κ1) is 21.8. The number of nitrogens with one attached hydrogen (secondary N) is 1. The van der Waals surface area contributed by atoms with E-state index in [2.05, 4.69) is 5.32 Å². The van der Waals surface area contributed by atoms with Crippen molar-refractivity contribution < 1.29 is 19.7 Å². The second-order valence-corrected chi connectivity index (χ2v) is 7.41. The summed E-state index contributed by atoms with van der Waals surface area (Å²) in [5.41, 5.74) is 1.12. The number of amides is 1. The second kappa shape index (κ2) is 10.2. The van der Waals surface area contributed by atoms with E-state index in [0.717, 1.165) is 5.56 Å². The van der Waals surface area contributed by atoms with Crippen LogP contribution < -0.4 is 5.32 Å². The molecule has 0 saturated carbocycles. The van der Waals surface area contributed by atoms with Gasteiger partial charge in [0.1, 0.15) is 12.2 Å². The molecule has 0 spiro atoms. The highest BCUT2D eigenvalue weighted by Crippen LogP contribution is 2.26. The number of aliphatic hydroxyl groups is 2. The minimum Gasteiger partial charge on any atom is -0.394 e. The van der Waals surface area contributed by atoms with Crippen molar-refractivity contribution in [3.8, 4) is 0 Å². The zero-order valence-corrected chi connectivity index (χ0v) is 16.7. The molecule has 1 amide bonds. The van der Waals surface area contributed by atoms with Crippen LogP contribution in [0, 0.1) is 0 Å². The van der Waals surface area contributed by atoms with E-state index in [1.807, 2.05) is 53.7 Å². The number of ether oxygens (including phenoxy) is 1. The van der Waals surface area contributed by atoms with Gasteiger partial charge in [-0.1, -0.05) is 36.4 Å². The maximum absolute atomic E-state index is 12.2. The number of hydrogen-bond donors (Lipinski definition) is 3. The van der Waals surface area contributed by atoms with Gasteiger partial charge in [0.2, 0.25) is 0 Å². The third-order valence-electron chi connectivity index (χ3n) is 4.63. The van der Waals surface area contributed by atoms with Crippen LogP contribution in [0.3, 0.4) is 0 Å². The summed E-state index contributed by atoms with van der Waals surface area (Å²) in [5.74, 6) is -0.157. The van der Waals surface area contributed by atoms with Gasteiger partial charge >= 0.3 is 0 Å². The fourth-order valence-electron chi connectivity index (χ4n) is 3.35. The molecule has 1 aliphatic heterocycles. The highest BCUT2D eigenvalue weighted by Gasteiger charge is 2.45. The zero-order chi connectivity index (χ0) is 18.5. The zero-order valence-electron chi connectivity index (χ0n) is 15.0. The SMILES string of the molecule is CN(Cc1ccccc1)[C@@H]1[C@H](O)[C@H](CO)O[C@@H]1CNC(=O)c1cccs1.Cl. The molecule has 1 saturated heterocycles. The minimum atomic E-state index is -0.822. The van der Waals surface area contributed by atoms with E-state index >= 15 is 0 Å². The largest absolute Gasteiger partial charge is 0.394 e. The minimum absolute atomic E-state index is 0. The van der Waals surface area contributed by atoms with Crippen LogP contribution in [0.5, 0.6) is 0 Å². The monoisotopic (exact) mass is 412 g/mol. The number of carbonyl (C=O) groups is 1. The Balaban J connectivity index is 0.00000261. The summed E-state index contributed by atoms with van der Waals surface area (Å²) in [7, 11) is 1.91. The van der Waals surface area contributed by atoms with Crippen LogP contribution in [0.4, 0.5) is 0 Å². The molecule has 1 aliphatic rings. The van der Waals surface area contributed by atoms with Gasteiger partial charge in [0.25, 0.3) is 5.91 Å². The smallest absolute Gasteiger partial charge is 0.261 e. The van der Waals surface area contributed by atoms with Crippen molar-refractivity contribution in [2.75, 3.05) is 20.2 Å². The molecule has 0 unspecified atom stereocenters. The van der Waals surface area contributed by atoms with Crippen molar-refractivity contribution in [2.24, 2.45) is 0 Å². The molecule has 6 nitrogen and oxygen atoms in total. The van der Waals surface area contributed by atoms with Crippen LogP contribution in [0.1, 0.15) is 15.2 Å². The molecule has 1 aromatic heterocycles. The van der Waals surface area contributed by atoms with E-state index in [-0.39, 0.29) is 37.5 Å².